The van der Waals surface area contributed by atoms with Crippen molar-refractivity contribution in [3.05, 3.63) is 108 Å². The Hall–Kier alpha value is -2.42. The molecule has 2 aromatic rings. The molecule has 0 aromatic heterocycles. The maximum absolute atomic E-state index is 3.79. The van der Waals surface area contributed by atoms with Crippen molar-refractivity contribution >= 4 is 0 Å². The van der Waals surface area contributed by atoms with Crippen LogP contribution in [-0.4, -0.2) is 27.2 Å². The third-order valence-electron chi connectivity index (χ3n) is 4.73. The molecule has 0 unspecified atom stereocenters. The monoisotopic (exact) mass is 420 g/mol. The summed E-state index contributed by atoms with van der Waals surface area (Å²) in [6.07, 6.45) is 6.21. The van der Waals surface area contributed by atoms with Crippen molar-refractivity contribution < 1.29 is 0 Å². The zero-order chi connectivity index (χ0) is 23.5. The Morgan fingerprint density at radius 1 is 0.839 bits per heavy atom. The third-order valence-corrected chi connectivity index (χ3v) is 4.73. The van der Waals surface area contributed by atoms with Crippen LogP contribution in [0.2, 0.25) is 0 Å². The number of rotatable bonds is 9. The molecule has 2 N–H and O–H groups in total. The average molecular weight is 421 g/mol. The first-order chi connectivity index (χ1) is 15.0. The molecule has 170 valence electrons. The van der Waals surface area contributed by atoms with E-state index in [9.17, 15) is 0 Å². The minimum absolute atomic E-state index is 0.437. The van der Waals surface area contributed by atoms with Crippen molar-refractivity contribution in [1.29, 1.82) is 0 Å². The lowest BCUT2D eigenvalue weighted by Crippen LogP contribution is -2.18. The van der Waals surface area contributed by atoms with Crippen LogP contribution in [-0.2, 0) is 0 Å². The van der Waals surface area contributed by atoms with Gasteiger partial charge in [0.15, 0.2) is 0 Å². The Labute approximate surface area is 192 Å². The van der Waals surface area contributed by atoms with E-state index in [0.29, 0.717) is 11.8 Å². The summed E-state index contributed by atoms with van der Waals surface area (Å²) >= 11 is 0. The highest BCUT2D eigenvalue weighted by Crippen LogP contribution is 2.23. The Morgan fingerprint density at radius 2 is 1.32 bits per heavy atom. The van der Waals surface area contributed by atoms with E-state index in [1.54, 1.807) is 0 Å². The van der Waals surface area contributed by atoms with Gasteiger partial charge in [-0.15, -0.1) is 0 Å². The Morgan fingerprint density at radius 3 is 1.68 bits per heavy atom. The van der Waals surface area contributed by atoms with Crippen LogP contribution in [0, 0.1) is 5.92 Å². The fraction of sp³-hybridized carbons (Fsp3) is 0.379. The van der Waals surface area contributed by atoms with Gasteiger partial charge in [0.1, 0.15) is 0 Å². The first kappa shape index (κ1) is 28.6. The number of likely N-dealkylation sites (N-methyl/N-ethyl adjacent to an activating group) is 2. The van der Waals surface area contributed by atoms with Gasteiger partial charge in [-0.05, 0) is 43.6 Å². The summed E-state index contributed by atoms with van der Waals surface area (Å²) in [6.45, 7) is 16.2. The maximum atomic E-state index is 3.79. The minimum Gasteiger partial charge on any atom is -0.319 e. The molecule has 0 radical (unpaired) electrons. The Kier molecular flexibility index (Phi) is 16.9. The molecule has 0 saturated carbocycles. The second-order valence-electron chi connectivity index (χ2n) is 7.50. The lowest BCUT2D eigenvalue weighted by atomic mass is 9.91. The van der Waals surface area contributed by atoms with Crippen molar-refractivity contribution in [3.8, 4) is 0 Å². The summed E-state index contributed by atoms with van der Waals surface area (Å²) in [5, 5.41) is 6.38. The number of hydrogen-bond acceptors (Lipinski definition) is 2. The molecule has 0 aliphatic carbocycles. The van der Waals surface area contributed by atoms with Crippen molar-refractivity contribution in [2.45, 2.75) is 40.5 Å². The van der Waals surface area contributed by atoms with Gasteiger partial charge in [-0.3, -0.25) is 0 Å². The second kappa shape index (κ2) is 18.4. The van der Waals surface area contributed by atoms with E-state index in [1.165, 1.54) is 22.3 Å². The molecule has 0 saturated heterocycles. The fourth-order valence-electron chi connectivity index (χ4n) is 3.08. The lowest BCUT2D eigenvalue weighted by molar-refractivity contribution is 0.708. The summed E-state index contributed by atoms with van der Waals surface area (Å²) in [5.74, 6) is 0.989. The average Bonchev–Trinajstić information content (AvgIpc) is 2.81. The molecule has 2 nitrogen and oxygen atoms in total. The summed E-state index contributed by atoms with van der Waals surface area (Å²) in [5.41, 5.74) is 5.35. The molecule has 2 aromatic carbocycles. The van der Waals surface area contributed by atoms with Gasteiger partial charge in [-0.2, -0.15) is 0 Å². The van der Waals surface area contributed by atoms with E-state index < -0.39 is 0 Å². The molecule has 0 amide bonds. The van der Waals surface area contributed by atoms with Gasteiger partial charge in [0, 0.05) is 19.0 Å². The molecule has 31 heavy (non-hydrogen) atoms. The molecule has 0 bridgehead atoms. The smallest absolute Gasteiger partial charge is 0.0214 e. The summed E-state index contributed by atoms with van der Waals surface area (Å²) in [4.78, 5) is 0. The van der Waals surface area contributed by atoms with Gasteiger partial charge >= 0.3 is 0 Å². The van der Waals surface area contributed by atoms with E-state index in [2.05, 4.69) is 111 Å². The standard InChI is InChI=1S/C15H17N.C12H21N.C2H6/c1-16-12-15(13-8-4-2-5-9-13)14-10-6-3-7-11-14;1-6-12(10(2)3)8-7-11(4)9-13-5;1-2/h2-11,15-16H,12H2,1H3;6-8,10,13H,1,9H2,2-5H3;1-2H3/b;11-7+,12-8+;. The van der Waals surface area contributed by atoms with Crippen molar-refractivity contribution in [2.75, 3.05) is 27.2 Å². The van der Waals surface area contributed by atoms with Gasteiger partial charge in [-0.25, -0.2) is 0 Å². The van der Waals surface area contributed by atoms with E-state index >= 15 is 0 Å². The third kappa shape index (κ3) is 12.1. The molecule has 0 aliphatic heterocycles. The maximum Gasteiger partial charge on any atom is 0.0214 e. The van der Waals surface area contributed by atoms with Crippen LogP contribution in [0.15, 0.2) is 96.6 Å². The highest BCUT2D eigenvalue weighted by atomic mass is 14.8. The molecule has 0 spiro atoms. The lowest BCUT2D eigenvalue weighted by Gasteiger charge is -2.17. The van der Waals surface area contributed by atoms with E-state index in [4.69, 9.17) is 0 Å². The molecule has 0 fully saturated rings. The van der Waals surface area contributed by atoms with Crippen LogP contribution >= 0.6 is 0 Å². The first-order valence-electron chi connectivity index (χ1n) is 11.4. The van der Waals surface area contributed by atoms with Gasteiger partial charge < -0.3 is 10.6 Å². The number of benzene rings is 2. The molecule has 0 aliphatic rings. The Balaban J connectivity index is 0.000000550. The largest absolute Gasteiger partial charge is 0.319 e. The zero-order valence-electron chi connectivity index (χ0n) is 20.8. The van der Waals surface area contributed by atoms with Gasteiger partial charge in [0.2, 0.25) is 0 Å². The van der Waals surface area contributed by atoms with E-state index in [-0.39, 0.29) is 0 Å². The summed E-state index contributed by atoms with van der Waals surface area (Å²) in [6, 6.07) is 21.3. The minimum atomic E-state index is 0.437. The van der Waals surface area contributed by atoms with Crippen LogP contribution < -0.4 is 10.6 Å². The van der Waals surface area contributed by atoms with Crippen molar-refractivity contribution in [1.82, 2.24) is 10.6 Å². The van der Waals surface area contributed by atoms with Crippen LogP contribution in [0.4, 0.5) is 0 Å². The van der Waals surface area contributed by atoms with Crippen LogP contribution in [0.5, 0.6) is 0 Å². The SMILES string of the molecule is C=C/C(=C\C=C(/C)CNC)C(C)C.CC.CNCC(c1ccccc1)c1ccccc1. The number of nitrogens with one attached hydrogen (secondary N) is 2. The molecule has 2 heteroatoms. The van der Waals surface area contributed by atoms with Gasteiger partial charge in [0.05, 0.1) is 0 Å². The summed E-state index contributed by atoms with van der Waals surface area (Å²) in [7, 11) is 3.96. The molecule has 0 atom stereocenters. The van der Waals surface area contributed by atoms with Crippen molar-refractivity contribution in [2.24, 2.45) is 5.92 Å². The molecular formula is C29H44N2. The predicted molar refractivity (Wildman–Crippen MR) is 141 cm³/mol. The topological polar surface area (TPSA) is 24.1 Å². The second-order valence-corrected chi connectivity index (χ2v) is 7.50. The number of allylic oxidation sites excluding steroid dienone is 4. The van der Waals surface area contributed by atoms with Crippen LogP contribution in [0.25, 0.3) is 0 Å². The molecular weight excluding hydrogens is 376 g/mol. The zero-order valence-corrected chi connectivity index (χ0v) is 20.8. The summed E-state index contributed by atoms with van der Waals surface area (Å²) < 4.78 is 0. The molecule has 0 heterocycles. The van der Waals surface area contributed by atoms with Crippen LogP contribution in [0.1, 0.15) is 51.7 Å². The highest BCUT2D eigenvalue weighted by Gasteiger charge is 2.11. The fourth-order valence-corrected chi connectivity index (χ4v) is 3.08. The van der Waals surface area contributed by atoms with E-state index in [0.717, 1.165) is 13.1 Å². The predicted octanol–water partition coefficient (Wildman–Crippen LogP) is 6.98. The van der Waals surface area contributed by atoms with Gasteiger partial charge in [0.25, 0.3) is 0 Å². The van der Waals surface area contributed by atoms with Crippen LogP contribution in [0.3, 0.4) is 0 Å². The van der Waals surface area contributed by atoms with Crippen molar-refractivity contribution in [3.63, 3.8) is 0 Å². The Bertz CT molecular complexity index is 703. The first-order valence-corrected chi connectivity index (χ1v) is 11.4. The van der Waals surface area contributed by atoms with E-state index in [1.807, 2.05) is 34.0 Å². The highest BCUT2D eigenvalue weighted by molar-refractivity contribution is 5.32. The normalized spacial score (nSPS) is 11.4. The van der Waals surface area contributed by atoms with Gasteiger partial charge in [-0.1, -0.05) is 119 Å². The number of hydrogen-bond donors (Lipinski definition) is 2. The quantitative estimate of drug-likeness (QED) is 0.427. The molecule has 2 rings (SSSR count).